The summed E-state index contributed by atoms with van der Waals surface area (Å²) in [5.41, 5.74) is 3.50. The van der Waals surface area contributed by atoms with Crippen molar-refractivity contribution in [3.05, 3.63) is 35.3 Å². The predicted octanol–water partition coefficient (Wildman–Crippen LogP) is 2.71. The van der Waals surface area contributed by atoms with E-state index in [9.17, 15) is 4.39 Å². The van der Waals surface area contributed by atoms with Crippen molar-refractivity contribution in [2.45, 2.75) is 13.5 Å². The van der Waals surface area contributed by atoms with Gasteiger partial charge in [0.1, 0.15) is 5.82 Å². The second-order valence-corrected chi connectivity index (χ2v) is 3.62. The van der Waals surface area contributed by atoms with E-state index < -0.39 is 0 Å². The van der Waals surface area contributed by atoms with Crippen LogP contribution in [0.15, 0.2) is 22.7 Å². The number of rotatable bonds is 0. The number of nitrogens with zero attached hydrogens (tertiary/aromatic N) is 1. The van der Waals surface area contributed by atoms with Crippen molar-refractivity contribution in [1.29, 1.82) is 0 Å². The highest BCUT2D eigenvalue weighted by molar-refractivity contribution is 5.79. The maximum absolute atomic E-state index is 13.1. The van der Waals surface area contributed by atoms with Crippen LogP contribution in [0, 0.1) is 12.7 Å². The molecule has 2 heterocycles. The molecule has 0 spiro atoms. The number of anilines is 1. The molecular weight excluding hydrogens is 195 g/mol. The summed E-state index contributed by atoms with van der Waals surface area (Å²) < 4.78 is 18.3. The number of hydrogen-bond acceptors (Lipinski definition) is 3. The highest BCUT2D eigenvalue weighted by Gasteiger charge is 2.22. The van der Waals surface area contributed by atoms with E-state index in [1.165, 1.54) is 12.1 Å². The summed E-state index contributed by atoms with van der Waals surface area (Å²) in [6.45, 7) is 2.57. The highest BCUT2D eigenvalue weighted by atomic mass is 19.1. The SMILES string of the molecule is Cc1noc2c1CNc1ccc(F)cc1-2. The Morgan fingerprint density at radius 1 is 1.47 bits per heavy atom. The molecule has 3 rings (SSSR count). The number of nitrogens with one attached hydrogen (secondary N) is 1. The topological polar surface area (TPSA) is 38.1 Å². The van der Waals surface area contributed by atoms with Gasteiger partial charge in [-0.05, 0) is 25.1 Å². The summed E-state index contributed by atoms with van der Waals surface area (Å²) in [4.78, 5) is 0. The smallest absolute Gasteiger partial charge is 0.174 e. The molecule has 1 aromatic heterocycles. The van der Waals surface area contributed by atoms with Gasteiger partial charge in [0, 0.05) is 23.4 Å². The zero-order valence-electron chi connectivity index (χ0n) is 8.17. The van der Waals surface area contributed by atoms with E-state index in [4.69, 9.17) is 4.52 Å². The minimum Gasteiger partial charge on any atom is -0.380 e. The predicted molar refractivity (Wildman–Crippen MR) is 54.0 cm³/mol. The Hall–Kier alpha value is -1.84. The minimum absolute atomic E-state index is 0.266. The number of aromatic nitrogens is 1. The molecule has 0 saturated carbocycles. The average Bonchev–Trinajstić information content (AvgIpc) is 2.61. The Kier molecular flexibility index (Phi) is 1.59. The molecule has 15 heavy (non-hydrogen) atoms. The summed E-state index contributed by atoms with van der Waals surface area (Å²) in [6.07, 6.45) is 0. The first-order valence-corrected chi connectivity index (χ1v) is 4.74. The van der Waals surface area contributed by atoms with E-state index in [1.807, 2.05) is 6.92 Å². The molecule has 1 aliphatic rings. The van der Waals surface area contributed by atoms with Gasteiger partial charge in [-0.15, -0.1) is 0 Å². The van der Waals surface area contributed by atoms with E-state index in [1.54, 1.807) is 6.07 Å². The fraction of sp³-hybridized carbons (Fsp3) is 0.182. The molecule has 0 bridgehead atoms. The van der Waals surface area contributed by atoms with Crippen molar-refractivity contribution >= 4 is 5.69 Å². The molecule has 2 aromatic rings. The Labute approximate surface area is 85.9 Å². The van der Waals surface area contributed by atoms with E-state index in [-0.39, 0.29) is 5.82 Å². The number of halogens is 1. The zero-order valence-corrected chi connectivity index (χ0v) is 8.17. The van der Waals surface area contributed by atoms with E-state index in [2.05, 4.69) is 10.5 Å². The minimum atomic E-state index is -0.266. The van der Waals surface area contributed by atoms with Gasteiger partial charge in [-0.1, -0.05) is 5.16 Å². The van der Waals surface area contributed by atoms with Gasteiger partial charge in [0.25, 0.3) is 0 Å². The molecule has 1 aliphatic heterocycles. The van der Waals surface area contributed by atoms with Gasteiger partial charge in [-0.25, -0.2) is 4.39 Å². The zero-order chi connectivity index (χ0) is 10.4. The van der Waals surface area contributed by atoms with Crippen LogP contribution in [0.1, 0.15) is 11.3 Å². The van der Waals surface area contributed by atoms with Crippen LogP contribution >= 0.6 is 0 Å². The summed E-state index contributed by atoms with van der Waals surface area (Å²) in [5, 5.41) is 7.10. The monoisotopic (exact) mass is 204 g/mol. The highest BCUT2D eigenvalue weighted by Crippen LogP contribution is 2.36. The Morgan fingerprint density at radius 2 is 2.33 bits per heavy atom. The summed E-state index contributed by atoms with van der Waals surface area (Å²) in [7, 11) is 0. The maximum Gasteiger partial charge on any atom is 0.174 e. The summed E-state index contributed by atoms with van der Waals surface area (Å²) >= 11 is 0. The van der Waals surface area contributed by atoms with Crippen LogP contribution in [0.25, 0.3) is 11.3 Å². The lowest BCUT2D eigenvalue weighted by Crippen LogP contribution is -2.07. The van der Waals surface area contributed by atoms with Crippen molar-refractivity contribution in [3.8, 4) is 11.3 Å². The first-order valence-electron chi connectivity index (χ1n) is 4.74. The molecule has 4 heteroatoms. The molecule has 0 radical (unpaired) electrons. The second-order valence-electron chi connectivity index (χ2n) is 3.62. The van der Waals surface area contributed by atoms with Crippen LogP contribution in [-0.4, -0.2) is 5.16 Å². The van der Waals surface area contributed by atoms with Crippen LogP contribution in [0.2, 0.25) is 0 Å². The van der Waals surface area contributed by atoms with Gasteiger partial charge in [-0.3, -0.25) is 0 Å². The van der Waals surface area contributed by atoms with Crippen molar-refractivity contribution in [2.24, 2.45) is 0 Å². The number of benzene rings is 1. The maximum atomic E-state index is 13.1. The van der Waals surface area contributed by atoms with Crippen molar-refractivity contribution in [1.82, 2.24) is 5.16 Å². The van der Waals surface area contributed by atoms with Crippen molar-refractivity contribution in [2.75, 3.05) is 5.32 Å². The Balaban J connectivity index is 2.28. The lowest BCUT2D eigenvalue weighted by molar-refractivity contribution is 0.426. The second kappa shape index (κ2) is 2.82. The van der Waals surface area contributed by atoms with Crippen LogP contribution < -0.4 is 5.32 Å². The van der Waals surface area contributed by atoms with E-state index in [0.717, 1.165) is 22.5 Å². The summed E-state index contributed by atoms with van der Waals surface area (Å²) in [6, 6.07) is 4.61. The largest absolute Gasteiger partial charge is 0.380 e. The lowest BCUT2D eigenvalue weighted by Gasteiger charge is -2.16. The van der Waals surface area contributed by atoms with E-state index >= 15 is 0 Å². The third-order valence-electron chi connectivity index (χ3n) is 2.67. The first kappa shape index (κ1) is 8.47. The van der Waals surface area contributed by atoms with E-state index in [0.29, 0.717) is 12.3 Å². The van der Waals surface area contributed by atoms with Gasteiger partial charge < -0.3 is 9.84 Å². The van der Waals surface area contributed by atoms with Gasteiger partial charge in [-0.2, -0.15) is 0 Å². The molecule has 0 aliphatic carbocycles. The Morgan fingerprint density at radius 3 is 3.20 bits per heavy atom. The van der Waals surface area contributed by atoms with Crippen LogP contribution in [0.4, 0.5) is 10.1 Å². The van der Waals surface area contributed by atoms with Gasteiger partial charge in [0.05, 0.1) is 5.69 Å². The molecule has 1 N–H and O–H groups in total. The van der Waals surface area contributed by atoms with Gasteiger partial charge >= 0.3 is 0 Å². The molecular formula is C11H9FN2O. The van der Waals surface area contributed by atoms with Gasteiger partial charge in [0.15, 0.2) is 5.76 Å². The molecule has 0 unspecified atom stereocenters. The third kappa shape index (κ3) is 1.14. The lowest BCUT2D eigenvalue weighted by atomic mass is 10.0. The fourth-order valence-electron chi connectivity index (χ4n) is 1.85. The van der Waals surface area contributed by atoms with Crippen molar-refractivity contribution in [3.63, 3.8) is 0 Å². The van der Waals surface area contributed by atoms with Crippen LogP contribution in [0.3, 0.4) is 0 Å². The molecule has 1 aromatic carbocycles. The standard InChI is InChI=1S/C11H9FN2O/c1-6-9-5-13-10-3-2-7(12)4-8(10)11(9)15-14-6/h2-4,13H,5H2,1H3. The quantitative estimate of drug-likeness (QED) is 0.717. The average molecular weight is 204 g/mol. The normalized spacial score (nSPS) is 12.9. The van der Waals surface area contributed by atoms with Crippen LogP contribution in [-0.2, 0) is 6.54 Å². The summed E-state index contributed by atoms with van der Waals surface area (Å²) in [5.74, 6) is 0.415. The molecule has 76 valence electrons. The number of aryl methyl sites for hydroxylation is 1. The number of fused-ring (bicyclic) bond motifs is 3. The molecule has 3 nitrogen and oxygen atoms in total. The van der Waals surface area contributed by atoms with Gasteiger partial charge in [0.2, 0.25) is 0 Å². The first-order chi connectivity index (χ1) is 7.25. The van der Waals surface area contributed by atoms with Crippen molar-refractivity contribution < 1.29 is 8.91 Å². The molecule has 0 fully saturated rings. The number of hydrogen-bond donors (Lipinski definition) is 1. The fourth-order valence-corrected chi connectivity index (χ4v) is 1.85. The Bertz CT molecular complexity index is 533. The molecule has 0 atom stereocenters. The molecule has 0 amide bonds. The van der Waals surface area contributed by atoms with Crippen LogP contribution in [0.5, 0.6) is 0 Å². The molecule has 0 saturated heterocycles. The third-order valence-corrected chi connectivity index (χ3v) is 2.67.